The molecule has 0 fully saturated rings. The van der Waals surface area contributed by atoms with E-state index in [4.69, 9.17) is 4.74 Å². The molecule has 19 heavy (non-hydrogen) atoms. The summed E-state index contributed by atoms with van der Waals surface area (Å²) in [5.41, 5.74) is 1.09. The van der Waals surface area contributed by atoms with Crippen LogP contribution in [0.3, 0.4) is 0 Å². The predicted molar refractivity (Wildman–Crippen MR) is 75.7 cm³/mol. The molecule has 0 radical (unpaired) electrons. The number of hydrogen-bond donors (Lipinski definition) is 1. The fraction of sp³-hybridized carbons (Fsp3) is 0.438. The van der Waals surface area contributed by atoms with Crippen molar-refractivity contribution in [2.45, 2.75) is 25.4 Å². The van der Waals surface area contributed by atoms with E-state index in [1.165, 1.54) is 0 Å². The zero-order chi connectivity index (χ0) is 13.5. The third kappa shape index (κ3) is 4.21. The van der Waals surface area contributed by atoms with Crippen molar-refractivity contribution >= 4 is 5.91 Å². The molecule has 0 saturated heterocycles. The number of carbonyl (C=O) groups excluding carboxylic acids is 1. The highest BCUT2D eigenvalue weighted by molar-refractivity contribution is 5.76. The van der Waals surface area contributed by atoms with Crippen molar-refractivity contribution in [3.8, 4) is 0 Å². The van der Waals surface area contributed by atoms with E-state index in [0.29, 0.717) is 18.9 Å². The second kappa shape index (κ2) is 7.10. The summed E-state index contributed by atoms with van der Waals surface area (Å²) < 4.78 is 5.43. The quantitative estimate of drug-likeness (QED) is 0.798. The molecule has 0 aliphatic heterocycles. The minimum atomic E-state index is -0.0794. The van der Waals surface area contributed by atoms with Crippen LogP contribution in [0.5, 0.6) is 0 Å². The van der Waals surface area contributed by atoms with Crippen molar-refractivity contribution in [1.29, 1.82) is 0 Å². The molecule has 3 nitrogen and oxygen atoms in total. The van der Waals surface area contributed by atoms with Gasteiger partial charge >= 0.3 is 0 Å². The summed E-state index contributed by atoms with van der Waals surface area (Å²) >= 11 is 0. The summed E-state index contributed by atoms with van der Waals surface area (Å²) in [4.78, 5) is 11.9. The van der Waals surface area contributed by atoms with E-state index in [1.807, 2.05) is 30.3 Å². The number of rotatable bonds is 6. The van der Waals surface area contributed by atoms with E-state index in [-0.39, 0.29) is 12.0 Å². The van der Waals surface area contributed by atoms with Gasteiger partial charge in [-0.25, -0.2) is 0 Å². The molecule has 1 aromatic carbocycles. The lowest BCUT2D eigenvalue weighted by molar-refractivity contribution is -0.122. The molecule has 0 spiro atoms. The van der Waals surface area contributed by atoms with Crippen LogP contribution in [0.15, 0.2) is 42.5 Å². The van der Waals surface area contributed by atoms with Gasteiger partial charge in [0.2, 0.25) is 5.91 Å². The summed E-state index contributed by atoms with van der Waals surface area (Å²) in [7, 11) is 1.67. The Morgan fingerprint density at radius 2 is 2.21 bits per heavy atom. The zero-order valence-corrected chi connectivity index (χ0v) is 11.3. The highest BCUT2D eigenvalue weighted by atomic mass is 16.5. The van der Waals surface area contributed by atoms with Gasteiger partial charge in [-0.3, -0.25) is 4.79 Å². The van der Waals surface area contributed by atoms with Crippen LogP contribution in [0.2, 0.25) is 0 Å². The van der Waals surface area contributed by atoms with Crippen LogP contribution in [0.1, 0.15) is 30.9 Å². The summed E-state index contributed by atoms with van der Waals surface area (Å²) in [5, 5.41) is 2.96. The SMILES string of the molecule is CO[C@@H](CNC(=O)C[C@H]1C=CCC1)c1ccccc1. The molecule has 0 saturated carbocycles. The van der Waals surface area contributed by atoms with Crippen LogP contribution in [-0.4, -0.2) is 19.6 Å². The molecule has 1 amide bonds. The van der Waals surface area contributed by atoms with Gasteiger partial charge in [-0.2, -0.15) is 0 Å². The van der Waals surface area contributed by atoms with E-state index in [0.717, 1.165) is 18.4 Å². The fourth-order valence-electron chi connectivity index (χ4n) is 2.39. The average molecular weight is 259 g/mol. The van der Waals surface area contributed by atoms with Gasteiger partial charge in [0.05, 0.1) is 6.10 Å². The van der Waals surface area contributed by atoms with Crippen molar-refractivity contribution in [1.82, 2.24) is 5.32 Å². The van der Waals surface area contributed by atoms with Gasteiger partial charge in [0.25, 0.3) is 0 Å². The first-order chi connectivity index (χ1) is 9.29. The largest absolute Gasteiger partial charge is 0.375 e. The van der Waals surface area contributed by atoms with Gasteiger partial charge in [-0.05, 0) is 24.3 Å². The lowest BCUT2D eigenvalue weighted by atomic mass is 10.0. The number of allylic oxidation sites excluding steroid dienone is 2. The Hall–Kier alpha value is -1.61. The molecule has 0 heterocycles. The van der Waals surface area contributed by atoms with Crippen molar-refractivity contribution in [2.24, 2.45) is 5.92 Å². The maximum absolute atomic E-state index is 11.9. The topological polar surface area (TPSA) is 38.3 Å². The van der Waals surface area contributed by atoms with Gasteiger partial charge in [-0.15, -0.1) is 0 Å². The first-order valence-electron chi connectivity index (χ1n) is 6.80. The van der Waals surface area contributed by atoms with Crippen LogP contribution >= 0.6 is 0 Å². The first kappa shape index (κ1) is 13.8. The molecule has 102 valence electrons. The number of amides is 1. The maximum Gasteiger partial charge on any atom is 0.220 e. The number of nitrogens with one attached hydrogen (secondary N) is 1. The van der Waals surface area contributed by atoms with Gasteiger partial charge in [0, 0.05) is 20.1 Å². The number of hydrogen-bond acceptors (Lipinski definition) is 2. The van der Waals surface area contributed by atoms with E-state index in [9.17, 15) is 4.79 Å². The van der Waals surface area contributed by atoms with E-state index in [1.54, 1.807) is 7.11 Å². The molecule has 0 aromatic heterocycles. The van der Waals surface area contributed by atoms with Crippen LogP contribution in [0.25, 0.3) is 0 Å². The Labute approximate surface area is 114 Å². The Morgan fingerprint density at radius 3 is 2.84 bits per heavy atom. The van der Waals surface area contributed by atoms with Crippen LogP contribution in [0, 0.1) is 5.92 Å². The zero-order valence-electron chi connectivity index (χ0n) is 11.3. The highest BCUT2D eigenvalue weighted by Crippen LogP contribution is 2.20. The van der Waals surface area contributed by atoms with Crippen molar-refractivity contribution in [2.75, 3.05) is 13.7 Å². The summed E-state index contributed by atoms with van der Waals surface area (Å²) in [6.07, 6.45) is 7.00. The van der Waals surface area contributed by atoms with E-state index >= 15 is 0 Å². The number of ether oxygens (including phenoxy) is 1. The molecule has 1 aromatic rings. The summed E-state index contributed by atoms with van der Waals surface area (Å²) in [6, 6.07) is 9.96. The Balaban J connectivity index is 1.79. The molecule has 1 aliphatic rings. The summed E-state index contributed by atoms with van der Waals surface area (Å²) in [6.45, 7) is 0.524. The maximum atomic E-state index is 11.9. The Bertz CT molecular complexity index is 428. The minimum Gasteiger partial charge on any atom is -0.375 e. The third-order valence-corrected chi connectivity index (χ3v) is 3.50. The van der Waals surface area contributed by atoms with Crippen molar-refractivity contribution in [3.05, 3.63) is 48.0 Å². The number of carbonyl (C=O) groups is 1. The normalized spacial score (nSPS) is 19.3. The molecule has 0 bridgehead atoms. The number of benzene rings is 1. The van der Waals surface area contributed by atoms with Crippen LogP contribution in [-0.2, 0) is 9.53 Å². The highest BCUT2D eigenvalue weighted by Gasteiger charge is 2.16. The summed E-state index contributed by atoms with van der Waals surface area (Å²) in [5.74, 6) is 0.521. The monoisotopic (exact) mass is 259 g/mol. The fourth-order valence-corrected chi connectivity index (χ4v) is 2.39. The first-order valence-corrected chi connectivity index (χ1v) is 6.80. The van der Waals surface area contributed by atoms with Crippen LogP contribution in [0.4, 0.5) is 0 Å². The smallest absolute Gasteiger partial charge is 0.220 e. The van der Waals surface area contributed by atoms with Crippen molar-refractivity contribution < 1.29 is 9.53 Å². The van der Waals surface area contributed by atoms with Gasteiger partial charge in [0.1, 0.15) is 0 Å². The molecular formula is C16H21NO2. The predicted octanol–water partition coefficient (Wildman–Crippen LogP) is 2.85. The molecule has 0 unspecified atom stereocenters. The van der Waals surface area contributed by atoms with Gasteiger partial charge in [-0.1, -0.05) is 42.5 Å². The third-order valence-electron chi connectivity index (χ3n) is 3.50. The van der Waals surface area contributed by atoms with Gasteiger partial charge in [0.15, 0.2) is 0 Å². The molecule has 1 aliphatic carbocycles. The molecule has 3 heteroatoms. The van der Waals surface area contributed by atoms with E-state index in [2.05, 4.69) is 17.5 Å². The number of methoxy groups -OCH3 is 1. The lowest BCUT2D eigenvalue weighted by Gasteiger charge is -2.17. The molecule has 1 N–H and O–H groups in total. The average Bonchev–Trinajstić information content (AvgIpc) is 2.93. The second-order valence-corrected chi connectivity index (χ2v) is 4.91. The second-order valence-electron chi connectivity index (χ2n) is 4.91. The van der Waals surface area contributed by atoms with Crippen molar-refractivity contribution in [3.63, 3.8) is 0 Å². The lowest BCUT2D eigenvalue weighted by Crippen LogP contribution is -2.30. The van der Waals surface area contributed by atoms with Crippen LogP contribution < -0.4 is 5.32 Å². The molecule has 2 rings (SSSR count). The molecular weight excluding hydrogens is 238 g/mol. The van der Waals surface area contributed by atoms with Gasteiger partial charge < -0.3 is 10.1 Å². The molecule has 2 atom stereocenters. The van der Waals surface area contributed by atoms with E-state index < -0.39 is 0 Å². The Kier molecular flexibility index (Phi) is 5.16. The standard InChI is InChI=1S/C16H21NO2/c1-19-15(14-9-3-2-4-10-14)12-17-16(18)11-13-7-5-6-8-13/h2-5,7,9-10,13,15H,6,8,11-12H2,1H3,(H,17,18)/t13-,15-/m0/s1. The Morgan fingerprint density at radius 1 is 1.42 bits per heavy atom. The minimum absolute atomic E-state index is 0.0794.